The van der Waals surface area contributed by atoms with Gasteiger partial charge in [-0.05, 0) is 50.2 Å². The molecule has 0 aliphatic rings. The summed E-state index contributed by atoms with van der Waals surface area (Å²) in [5.41, 5.74) is 3.11. The first kappa shape index (κ1) is 23.3. The van der Waals surface area contributed by atoms with Crippen molar-refractivity contribution in [2.45, 2.75) is 25.5 Å². The van der Waals surface area contributed by atoms with Gasteiger partial charge in [-0.25, -0.2) is 4.79 Å². The van der Waals surface area contributed by atoms with Crippen molar-refractivity contribution < 1.29 is 14.3 Å². The average molecular weight is 454 g/mol. The Labute approximate surface area is 192 Å². The van der Waals surface area contributed by atoms with Crippen LogP contribution in [0.2, 0.25) is 0 Å². The molecule has 0 spiro atoms. The van der Waals surface area contributed by atoms with Crippen molar-refractivity contribution in [1.29, 1.82) is 0 Å². The number of carbonyl (C=O) groups excluding carboxylic acids is 2. The van der Waals surface area contributed by atoms with Gasteiger partial charge in [0.05, 0.1) is 17.9 Å². The summed E-state index contributed by atoms with van der Waals surface area (Å²) in [6, 6.07) is 14.7. The molecular weight excluding hydrogens is 426 g/mol. The van der Waals surface area contributed by atoms with E-state index in [0.29, 0.717) is 29.6 Å². The minimum absolute atomic E-state index is 0.166. The van der Waals surface area contributed by atoms with Gasteiger partial charge in [-0.2, -0.15) is 0 Å². The zero-order valence-corrected chi connectivity index (χ0v) is 19.5. The maximum Gasteiger partial charge on any atom is 0.338 e. The van der Waals surface area contributed by atoms with E-state index in [1.807, 2.05) is 48.7 Å². The van der Waals surface area contributed by atoms with Crippen LogP contribution in [-0.2, 0) is 16.1 Å². The lowest BCUT2D eigenvalue weighted by Gasteiger charge is -2.14. The van der Waals surface area contributed by atoms with Gasteiger partial charge in [-0.3, -0.25) is 4.79 Å². The minimum Gasteiger partial charge on any atom is -0.462 e. The zero-order valence-electron chi connectivity index (χ0n) is 18.7. The van der Waals surface area contributed by atoms with E-state index in [-0.39, 0.29) is 17.6 Å². The van der Waals surface area contributed by atoms with E-state index < -0.39 is 0 Å². The molecule has 0 radical (unpaired) electrons. The Balaban J connectivity index is 1.64. The van der Waals surface area contributed by atoms with Crippen molar-refractivity contribution >= 4 is 35.0 Å². The predicted octanol–water partition coefficient (Wildman–Crippen LogP) is 3.94. The van der Waals surface area contributed by atoms with Gasteiger partial charge < -0.3 is 19.5 Å². The normalized spacial score (nSPS) is 10.6. The highest BCUT2D eigenvalue weighted by Gasteiger charge is 2.15. The Morgan fingerprint density at radius 2 is 1.84 bits per heavy atom. The number of carbonyl (C=O) groups is 2. The van der Waals surface area contributed by atoms with Crippen molar-refractivity contribution in [3.63, 3.8) is 0 Å². The van der Waals surface area contributed by atoms with Crippen LogP contribution in [0.25, 0.3) is 11.4 Å². The van der Waals surface area contributed by atoms with E-state index in [9.17, 15) is 9.59 Å². The van der Waals surface area contributed by atoms with Crippen molar-refractivity contribution in [1.82, 2.24) is 14.8 Å². The quantitative estimate of drug-likeness (QED) is 0.388. The van der Waals surface area contributed by atoms with Crippen LogP contribution in [0, 0.1) is 0 Å². The Kier molecular flexibility index (Phi) is 7.88. The van der Waals surface area contributed by atoms with Crippen LogP contribution >= 0.6 is 11.8 Å². The fourth-order valence-electron chi connectivity index (χ4n) is 3.05. The first-order valence-electron chi connectivity index (χ1n) is 10.3. The molecule has 1 N–H and O–H groups in total. The number of thioether (sulfide) groups is 1. The van der Waals surface area contributed by atoms with Crippen LogP contribution in [0.4, 0.5) is 11.4 Å². The molecule has 3 aromatic rings. The molecule has 8 nitrogen and oxygen atoms in total. The summed E-state index contributed by atoms with van der Waals surface area (Å²) >= 11 is 1.33. The number of ether oxygens (including phenoxy) is 1. The van der Waals surface area contributed by atoms with Crippen LogP contribution in [-0.4, -0.2) is 53.1 Å². The van der Waals surface area contributed by atoms with E-state index in [0.717, 1.165) is 17.1 Å². The second-order valence-electron chi connectivity index (χ2n) is 7.13. The molecule has 0 saturated heterocycles. The third-order valence-electron chi connectivity index (χ3n) is 4.67. The first-order valence-corrected chi connectivity index (χ1v) is 11.3. The molecule has 1 amide bonds. The highest BCUT2D eigenvalue weighted by molar-refractivity contribution is 7.99. The summed E-state index contributed by atoms with van der Waals surface area (Å²) in [5, 5.41) is 12.2. The Morgan fingerprint density at radius 3 is 2.50 bits per heavy atom. The van der Waals surface area contributed by atoms with Gasteiger partial charge in [0.2, 0.25) is 5.91 Å². The largest absolute Gasteiger partial charge is 0.462 e. The molecule has 0 bridgehead atoms. The van der Waals surface area contributed by atoms with Gasteiger partial charge in [0, 0.05) is 37.6 Å². The van der Waals surface area contributed by atoms with Gasteiger partial charge >= 0.3 is 5.97 Å². The highest BCUT2D eigenvalue weighted by atomic mass is 32.2. The molecule has 1 heterocycles. The van der Waals surface area contributed by atoms with Crippen LogP contribution in [0.3, 0.4) is 0 Å². The summed E-state index contributed by atoms with van der Waals surface area (Å²) in [4.78, 5) is 26.2. The lowest BCUT2D eigenvalue weighted by Crippen LogP contribution is -2.15. The molecule has 0 saturated carbocycles. The number of hydrogen-bond donors (Lipinski definition) is 1. The summed E-state index contributed by atoms with van der Waals surface area (Å²) < 4.78 is 6.96. The number of anilines is 2. The predicted molar refractivity (Wildman–Crippen MR) is 127 cm³/mol. The molecule has 168 valence electrons. The Morgan fingerprint density at radius 1 is 1.09 bits per heavy atom. The summed E-state index contributed by atoms with van der Waals surface area (Å²) in [5.74, 6) is 0.413. The fraction of sp³-hybridized carbons (Fsp3) is 0.304. The van der Waals surface area contributed by atoms with Gasteiger partial charge in [-0.15, -0.1) is 10.2 Å². The van der Waals surface area contributed by atoms with E-state index >= 15 is 0 Å². The van der Waals surface area contributed by atoms with Gasteiger partial charge in [0.25, 0.3) is 0 Å². The zero-order chi connectivity index (χ0) is 23.1. The number of nitrogens with one attached hydrogen (secondary N) is 1. The molecule has 0 unspecified atom stereocenters. The number of rotatable bonds is 9. The molecule has 32 heavy (non-hydrogen) atoms. The highest BCUT2D eigenvalue weighted by Crippen LogP contribution is 2.26. The van der Waals surface area contributed by atoms with Crippen molar-refractivity contribution in [3.8, 4) is 11.4 Å². The van der Waals surface area contributed by atoms with E-state index in [2.05, 4.69) is 21.6 Å². The lowest BCUT2D eigenvalue weighted by atomic mass is 10.2. The molecule has 9 heteroatoms. The van der Waals surface area contributed by atoms with Crippen molar-refractivity contribution in [3.05, 3.63) is 54.1 Å². The number of benzene rings is 2. The summed E-state index contributed by atoms with van der Waals surface area (Å²) in [7, 11) is 3.99. The van der Waals surface area contributed by atoms with E-state index in [1.165, 1.54) is 11.8 Å². The average Bonchev–Trinajstić information content (AvgIpc) is 3.21. The van der Waals surface area contributed by atoms with Crippen LogP contribution in [0.5, 0.6) is 0 Å². The number of aromatic nitrogens is 3. The van der Waals surface area contributed by atoms with E-state index in [4.69, 9.17) is 4.74 Å². The van der Waals surface area contributed by atoms with Crippen molar-refractivity contribution in [2.75, 3.05) is 36.7 Å². The standard InChI is InChI=1S/C23H27N5O3S/c1-5-28-21(17-8-7-9-19(14-17)27(3)4)25-26-23(28)32-15-20(29)24-18-12-10-16(11-13-18)22(30)31-6-2/h7-14H,5-6,15H2,1-4H3,(H,24,29). The summed E-state index contributed by atoms with van der Waals surface area (Å²) in [6.45, 7) is 4.79. The molecule has 0 aliphatic heterocycles. The SMILES string of the molecule is CCOC(=O)c1ccc(NC(=O)CSc2nnc(-c3cccc(N(C)C)c3)n2CC)cc1. The van der Waals surface area contributed by atoms with Crippen LogP contribution < -0.4 is 10.2 Å². The molecular formula is C23H27N5O3S. The number of hydrogen-bond acceptors (Lipinski definition) is 7. The fourth-order valence-corrected chi connectivity index (χ4v) is 3.85. The smallest absolute Gasteiger partial charge is 0.338 e. The first-order chi connectivity index (χ1) is 15.4. The number of esters is 1. The van der Waals surface area contributed by atoms with E-state index in [1.54, 1.807) is 31.2 Å². The summed E-state index contributed by atoms with van der Waals surface area (Å²) in [6.07, 6.45) is 0. The lowest BCUT2D eigenvalue weighted by molar-refractivity contribution is -0.113. The third kappa shape index (κ3) is 5.67. The topological polar surface area (TPSA) is 89.3 Å². The molecule has 0 fully saturated rings. The molecule has 0 aliphatic carbocycles. The monoisotopic (exact) mass is 453 g/mol. The van der Waals surface area contributed by atoms with Crippen LogP contribution in [0.15, 0.2) is 53.7 Å². The van der Waals surface area contributed by atoms with Crippen molar-refractivity contribution in [2.24, 2.45) is 0 Å². The molecule has 2 aromatic carbocycles. The maximum absolute atomic E-state index is 12.4. The Hall–Kier alpha value is -3.33. The molecule has 1 aromatic heterocycles. The second-order valence-corrected chi connectivity index (χ2v) is 8.07. The molecule has 0 atom stereocenters. The maximum atomic E-state index is 12.4. The van der Waals surface area contributed by atoms with Gasteiger partial charge in [-0.1, -0.05) is 23.9 Å². The molecule has 3 rings (SSSR count). The van der Waals surface area contributed by atoms with Gasteiger partial charge in [0.1, 0.15) is 0 Å². The minimum atomic E-state index is -0.383. The third-order valence-corrected chi connectivity index (χ3v) is 5.63. The second kappa shape index (κ2) is 10.8. The van der Waals surface area contributed by atoms with Crippen LogP contribution in [0.1, 0.15) is 24.2 Å². The number of amides is 1. The van der Waals surface area contributed by atoms with Gasteiger partial charge in [0.15, 0.2) is 11.0 Å². The number of nitrogens with zero attached hydrogens (tertiary/aromatic N) is 4. The Bertz CT molecular complexity index is 1080.